The number of nitrogens with one attached hydrogen (secondary N) is 2. The second-order valence-corrected chi connectivity index (χ2v) is 12.5. The van der Waals surface area contributed by atoms with Crippen molar-refractivity contribution in [2.24, 2.45) is 11.8 Å². The summed E-state index contributed by atoms with van der Waals surface area (Å²) in [5.41, 5.74) is 8.61. The van der Waals surface area contributed by atoms with Crippen molar-refractivity contribution in [3.05, 3.63) is 41.1 Å². The van der Waals surface area contributed by atoms with Gasteiger partial charge in [0, 0.05) is 24.3 Å². The Morgan fingerprint density at radius 3 is 2.59 bits per heavy atom. The molecule has 2 amide bonds. The largest absolute Gasteiger partial charge is 0.394 e. The molecule has 3 heterocycles. The second-order valence-electron chi connectivity index (χ2n) is 10.8. The van der Waals surface area contributed by atoms with Gasteiger partial charge in [-0.1, -0.05) is 13.8 Å². The molecule has 39 heavy (non-hydrogen) atoms. The highest BCUT2D eigenvalue weighted by atomic mass is 32.2. The molecule has 5 rings (SSSR count). The SMILES string of the molecule is CC(C)[C@H](CO)NC(=O)c1c(N)nn2ccc(-c3cc4c(c(NS(C)(=O)=O)c3)C(=O)N([C@@H](C)C3CC3)C4)nc12. The number of carbonyl (C=O) groups excluding carboxylic acids is 2. The van der Waals surface area contributed by atoms with E-state index in [-0.39, 0.29) is 47.2 Å². The molecule has 1 fully saturated rings. The van der Waals surface area contributed by atoms with Gasteiger partial charge in [-0.05, 0) is 55.4 Å². The number of aromatic nitrogens is 3. The van der Waals surface area contributed by atoms with Crippen molar-refractivity contribution in [2.75, 3.05) is 23.3 Å². The quantitative estimate of drug-likeness (QED) is 0.310. The van der Waals surface area contributed by atoms with Gasteiger partial charge in [-0.3, -0.25) is 14.3 Å². The van der Waals surface area contributed by atoms with Gasteiger partial charge in [0.2, 0.25) is 10.0 Å². The Labute approximate surface area is 226 Å². The fourth-order valence-electron chi connectivity index (χ4n) is 5.06. The van der Waals surface area contributed by atoms with Crippen LogP contribution in [-0.2, 0) is 16.6 Å². The Balaban J connectivity index is 1.58. The molecule has 2 atom stereocenters. The molecule has 5 N–H and O–H groups in total. The van der Waals surface area contributed by atoms with E-state index in [2.05, 4.69) is 20.1 Å². The number of fused-ring (bicyclic) bond motifs is 2. The Kier molecular flexibility index (Phi) is 6.75. The molecule has 0 spiro atoms. The third kappa shape index (κ3) is 5.15. The predicted octanol–water partition coefficient (Wildman–Crippen LogP) is 1.85. The molecule has 2 aliphatic rings. The predicted molar refractivity (Wildman–Crippen MR) is 147 cm³/mol. The lowest BCUT2D eigenvalue weighted by Gasteiger charge is -2.24. The number of amides is 2. The third-order valence-corrected chi connectivity index (χ3v) is 8.07. The number of carbonyl (C=O) groups is 2. The molecule has 2 aromatic heterocycles. The van der Waals surface area contributed by atoms with Crippen LogP contribution in [0.5, 0.6) is 0 Å². The summed E-state index contributed by atoms with van der Waals surface area (Å²) in [5.74, 6) is -0.278. The van der Waals surface area contributed by atoms with Gasteiger partial charge in [-0.25, -0.2) is 17.9 Å². The summed E-state index contributed by atoms with van der Waals surface area (Å²) in [7, 11) is -3.68. The van der Waals surface area contributed by atoms with Crippen molar-refractivity contribution in [2.45, 2.75) is 52.2 Å². The number of nitrogens with two attached hydrogens (primary N) is 1. The molecule has 0 radical (unpaired) electrons. The molecule has 208 valence electrons. The molecule has 1 aliphatic heterocycles. The van der Waals surface area contributed by atoms with Gasteiger partial charge >= 0.3 is 0 Å². The minimum Gasteiger partial charge on any atom is -0.394 e. The second kappa shape index (κ2) is 9.79. The maximum atomic E-state index is 13.4. The van der Waals surface area contributed by atoms with E-state index in [4.69, 9.17) is 5.73 Å². The number of aliphatic hydroxyl groups is 1. The van der Waals surface area contributed by atoms with Crippen LogP contribution in [0.25, 0.3) is 16.9 Å². The first-order valence-corrected chi connectivity index (χ1v) is 14.8. The fourth-order valence-corrected chi connectivity index (χ4v) is 5.62. The van der Waals surface area contributed by atoms with E-state index >= 15 is 0 Å². The van der Waals surface area contributed by atoms with E-state index in [9.17, 15) is 23.1 Å². The Bertz CT molecular complexity index is 1580. The minimum absolute atomic E-state index is 0.0115. The van der Waals surface area contributed by atoms with Gasteiger partial charge in [0.15, 0.2) is 11.5 Å². The van der Waals surface area contributed by atoms with Gasteiger partial charge in [0.25, 0.3) is 11.8 Å². The molecular weight excluding hydrogens is 522 g/mol. The lowest BCUT2D eigenvalue weighted by Crippen LogP contribution is -2.41. The van der Waals surface area contributed by atoms with Gasteiger partial charge in [-0.2, -0.15) is 0 Å². The summed E-state index contributed by atoms with van der Waals surface area (Å²) in [5, 5.41) is 16.6. The zero-order chi connectivity index (χ0) is 28.2. The highest BCUT2D eigenvalue weighted by Gasteiger charge is 2.40. The summed E-state index contributed by atoms with van der Waals surface area (Å²) in [6.45, 7) is 5.92. The summed E-state index contributed by atoms with van der Waals surface area (Å²) >= 11 is 0. The topological polar surface area (TPSA) is 172 Å². The number of sulfonamides is 1. The lowest BCUT2D eigenvalue weighted by molar-refractivity contribution is 0.0698. The summed E-state index contributed by atoms with van der Waals surface area (Å²) in [6, 6.07) is 4.67. The molecule has 3 aromatic rings. The molecule has 0 saturated heterocycles. The van der Waals surface area contributed by atoms with Crippen LogP contribution in [0, 0.1) is 11.8 Å². The van der Waals surface area contributed by atoms with Crippen molar-refractivity contribution in [3.8, 4) is 11.3 Å². The van der Waals surface area contributed by atoms with Crippen molar-refractivity contribution >= 4 is 39.0 Å². The van der Waals surface area contributed by atoms with Gasteiger partial charge in [0.1, 0.15) is 5.56 Å². The van der Waals surface area contributed by atoms with Crippen molar-refractivity contribution in [1.82, 2.24) is 24.8 Å². The van der Waals surface area contributed by atoms with E-state index in [1.54, 1.807) is 23.2 Å². The number of rotatable bonds is 9. The number of aliphatic hydroxyl groups excluding tert-OH is 1. The van der Waals surface area contributed by atoms with Crippen LogP contribution >= 0.6 is 0 Å². The number of hydrogen-bond donors (Lipinski definition) is 4. The fraction of sp³-hybridized carbons (Fsp3) is 0.462. The smallest absolute Gasteiger partial charge is 0.259 e. The van der Waals surface area contributed by atoms with Gasteiger partial charge < -0.3 is 21.1 Å². The first-order valence-electron chi connectivity index (χ1n) is 12.9. The highest BCUT2D eigenvalue weighted by Crippen LogP contribution is 2.41. The molecule has 0 bridgehead atoms. The van der Waals surface area contributed by atoms with Gasteiger partial charge in [0.05, 0.1) is 35.8 Å². The lowest BCUT2D eigenvalue weighted by atomic mass is 10.0. The van der Waals surface area contributed by atoms with Crippen molar-refractivity contribution in [3.63, 3.8) is 0 Å². The van der Waals surface area contributed by atoms with E-state index < -0.39 is 22.0 Å². The number of nitrogens with zero attached hydrogens (tertiary/aromatic N) is 4. The zero-order valence-corrected chi connectivity index (χ0v) is 23.1. The van der Waals surface area contributed by atoms with Crippen LogP contribution in [0.1, 0.15) is 59.9 Å². The number of nitrogen functional groups attached to an aromatic ring is 1. The highest BCUT2D eigenvalue weighted by molar-refractivity contribution is 7.92. The van der Waals surface area contributed by atoms with Crippen LogP contribution in [0.4, 0.5) is 11.5 Å². The Morgan fingerprint density at radius 2 is 1.97 bits per heavy atom. The first-order chi connectivity index (χ1) is 18.4. The van der Waals surface area contributed by atoms with Crippen LogP contribution in [0.15, 0.2) is 24.4 Å². The summed E-state index contributed by atoms with van der Waals surface area (Å²) < 4.78 is 28.3. The van der Waals surface area contributed by atoms with Crippen LogP contribution < -0.4 is 15.8 Å². The standard InChI is InChI=1S/C26H33N7O5S/c1-13(2)20(12-34)29-25(35)22-23(27)30-33-8-7-18(28-24(22)33)16-9-17-11-32(14(3)15-5-6-15)26(36)21(17)19(10-16)31-39(4,37)38/h7-10,13-15,20,31,34H,5-6,11-12H2,1-4H3,(H2,27,30)(H,29,35)/t14-,20-/m0/s1. The van der Waals surface area contributed by atoms with Crippen molar-refractivity contribution in [1.29, 1.82) is 0 Å². The summed E-state index contributed by atoms with van der Waals surface area (Å²) in [4.78, 5) is 32.9. The van der Waals surface area contributed by atoms with Crippen LogP contribution in [0.3, 0.4) is 0 Å². The average Bonchev–Trinajstić information content (AvgIpc) is 3.57. The zero-order valence-electron chi connectivity index (χ0n) is 22.3. The molecule has 0 unspecified atom stereocenters. The normalized spacial score (nSPS) is 17.0. The Hall–Kier alpha value is -3.71. The molecule has 13 heteroatoms. The number of anilines is 2. The van der Waals surface area contributed by atoms with E-state index in [0.29, 0.717) is 34.8 Å². The molecule has 1 aromatic carbocycles. The molecule has 12 nitrogen and oxygen atoms in total. The summed E-state index contributed by atoms with van der Waals surface area (Å²) in [6.07, 6.45) is 4.80. The molecule has 1 aliphatic carbocycles. The van der Waals surface area contributed by atoms with E-state index in [0.717, 1.165) is 19.1 Å². The monoisotopic (exact) mass is 555 g/mol. The maximum absolute atomic E-state index is 13.4. The van der Waals surface area contributed by atoms with Gasteiger partial charge in [-0.15, -0.1) is 5.10 Å². The first kappa shape index (κ1) is 26.9. The molecule has 1 saturated carbocycles. The minimum atomic E-state index is -3.68. The Morgan fingerprint density at radius 1 is 1.26 bits per heavy atom. The maximum Gasteiger partial charge on any atom is 0.259 e. The van der Waals surface area contributed by atoms with Crippen LogP contribution in [-0.4, -0.2) is 69.8 Å². The molecular formula is C26H33N7O5S. The number of hydrogen-bond acceptors (Lipinski definition) is 8. The third-order valence-electron chi connectivity index (χ3n) is 7.48. The van der Waals surface area contributed by atoms with E-state index in [1.165, 1.54) is 4.52 Å². The van der Waals surface area contributed by atoms with E-state index in [1.807, 2.05) is 26.8 Å². The van der Waals surface area contributed by atoms with Crippen molar-refractivity contribution < 1.29 is 23.1 Å². The average molecular weight is 556 g/mol. The number of benzene rings is 1. The van der Waals surface area contributed by atoms with Crippen LogP contribution in [0.2, 0.25) is 0 Å².